The van der Waals surface area contributed by atoms with E-state index in [1.54, 1.807) is 0 Å². The van der Waals surface area contributed by atoms with Crippen molar-refractivity contribution in [2.75, 3.05) is 5.32 Å². The summed E-state index contributed by atoms with van der Waals surface area (Å²) in [6, 6.07) is 7.52. The van der Waals surface area contributed by atoms with Gasteiger partial charge in [-0.05, 0) is 28.5 Å². The van der Waals surface area contributed by atoms with Crippen LogP contribution in [0.1, 0.15) is 25.3 Å². The fourth-order valence-electron chi connectivity index (χ4n) is 1.74. The average Bonchev–Trinajstić information content (AvgIpc) is 2.87. The number of hydrogen-bond donors (Lipinski definition) is 1. The molecule has 8 nitrogen and oxygen atoms in total. The maximum Gasteiger partial charge on any atom is 0.490 e. The van der Waals surface area contributed by atoms with Crippen molar-refractivity contribution in [2.24, 2.45) is 0 Å². The number of rotatable bonds is 5. The van der Waals surface area contributed by atoms with Crippen LogP contribution in [0.3, 0.4) is 0 Å². The van der Waals surface area contributed by atoms with Crippen LogP contribution in [0.25, 0.3) is 0 Å². The van der Waals surface area contributed by atoms with Crippen molar-refractivity contribution in [3.05, 3.63) is 46.3 Å². The highest BCUT2D eigenvalue weighted by Crippen LogP contribution is 2.17. The summed E-state index contributed by atoms with van der Waals surface area (Å²) in [4.78, 5) is 25.0. The average molecular weight is 289 g/mol. The van der Waals surface area contributed by atoms with Crippen LogP contribution in [0, 0.1) is 10.1 Å². The minimum absolute atomic E-state index is 0.132. The Kier molecular flexibility index (Phi) is 4.27. The van der Waals surface area contributed by atoms with E-state index in [-0.39, 0.29) is 12.5 Å². The van der Waals surface area contributed by atoms with Gasteiger partial charge in [-0.25, -0.2) is 0 Å². The van der Waals surface area contributed by atoms with Crippen molar-refractivity contribution >= 4 is 17.5 Å². The maximum atomic E-state index is 11.8. The summed E-state index contributed by atoms with van der Waals surface area (Å²) in [5.41, 5.74) is 1.85. The molecule has 0 fully saturated rings. The molecule has 1 amide bonds. The number of hydrogen-bond acceptors (Lipinski definition) is 5. The minimum Gasteiger partial charge on any atom is -0.390 e. The number of nitrogens with zero attached hydrogens (tertiary/aromatic N) is 4. The molecule has 0 aliphatic carbocycles. The Bertz CT molecular complexity index is 648. The van der Waals surface area contributed by atoms with Gasteiger partial charge in [0.2, 0.25) is 12.2 Å². The number of aromatic nitrogens is 3. The van der Waals surface area contributed by atoms with E-state index in [1.807, 2.05) is 24.3 Å². The maximum absolute atomic E-state index is 11.8. The van der Waals surface area contributed by atoms with Crippen LogP contribution in [-0.2, 0) is 11.3 Å². The number of benzene rings is 1. The molecule has 0 saturated carbocycles. The normalized spacial score (nSPS) is 10.6. The van der Waals surface area contributed by atoms with E-state index < -0.39 is 10.9 Å². The van der Waals surface area contributed by atoms with Gasteiger partial charge in [-0.2, -0.15) is 4.68 Å². The molecule has 0 radical (unpaired) electrons. The zero-order valence-corrected chi connectivity index (χ0v) is 11.7. The van der Waals surface area contributed by atoms with Crippen molar-refractivity contribution in [1.29, 1.82) is 0 Å². The van der Waals surface area contributed by atoms with Crippen LogP contribution >= 0.6 is 0 Å². The number of carbonyl (C=O) groups is 1. The predicted molar refractivity (Wildman–Crippen MR) is 75.8 cm³/mol. The summed E-state index contributed by atoms with van der Waals surface area (Å²) in [5.74, 6) is -0.429. The SMILES string of the molecule is CC(C)c1ccc(NC(=O)Cn2cnc([N+](=O)[O-])n2)cc1. The van der Waals surface area contributed by atoms with Crippen molar-refractivity contribution in [1.82, 2.24) is 14.8 Å². The number of carbonyl (C=O) groups excluding carboxylic acids is 1. The molecule has 110 valence electrons. The standard InChI is InChI=1S/C13H15N5O3/c1-9(2)10-3-5-11(6-4-10)15-12(19)7-17-8-14-13(16-17)18(20)21/h3-6,8-9H,7H2,1-2H3,(H,15,19). The van der Waals surface area contributed by atoms with Crippen LogP contribution in [0.4, 0.5) is 11.6 Å². The van der Waals surface area contributed by atoms with Gasteiger partial charge in [-0.1, -0.05) is 31.0 Å². The van der Waals surface area contributed by atoms with Gasteiger partial charge in [0.05, 0.1) is 0 Å². The second-order valence-electron chi connectivity index (χ2n) is 4.82. The van der Waals surface area contributed by atoms with Crippen molar-refractivity contribution in [2.45, 2.75) is 26.3 Å². The summed E-state index contributed by atoms with van der Waals surface area (Å²) >= 11 is 0. The molecule has 21 heavy (non-hydrogen) atoms. The Morgan fingerprint density at radius 1 is 1.38 bits per heavy atom. The van der Waals surface area contributed by atoms with Crippen LogP contribution in [0.5, 0.6) is 0 Å². The quantitative estimate of drug-likeness (QED) is 0.669. The summed E-state index contributed by atoms with van der Waals surface area (Å²) < 4.78 is 1.12. The summed E-state index contributed by atoms with van der Waals surface area (Å²) in [6.07, 6.45) is 1.15. The molecule has 0 bridgehead atoms. The fourth-order valence-corrected chi connectivity index (χ4v) is 1.74. The van der Waals surface area contributed by atoms with Gasteiger partial charge in [0, 0.05) is 10.8 Å². The molecule has 1 aromatic heterocycles. The van der Waals surface area contributed by atoms with Crippen LogP contribution in [0.15, 0.2) is 30.6 Å². The first-order valence-electron chi connectivity index (χ1n) is 6.39. The van der Waals surface area contributed by atoms with Gasteiger partial charge in [0.25, 0.3) is 0 Å². The number of nitro groups is 1. The smallest absolute Gasteiger partial charge is 0.390 e. The third kappa shape index (κ3) is 3.85. The zero-order valence-electron chi connectivity index (χ0n) is 11.7. The lowest BCUT2D eigenvalue weighted by atomic mass is 10.0. The van der Waals surface area contributed by atoms with Crippen molar-refractivity contribution < 1.29 is 9.72 Å². The molecule has 0 unspecified atom stereocenters. The van der Waals surface area contributed by atoms with Crippen molar-refractivity contribution in [3.63, 3.8) is 0 Å². The summed E-state index contributed by atoms with van der Waals surface area (Å²) in [6.45, 7) is 4.04. The lowest BCUT2D eigenvalue weighted by Gasteiger charge is -2.07. The van der Waals surface area contributed by atoms with E-state index in [4.69, 9.17) is 0 Å². The lowest BCUT2D eigenvalue weighted by Crippen LogP contribution is -2.19. The first-order chi connectivity index (χ1) is 9.95. The van der Waals surface area contributed by atoms with Gasteiger partial charge in [0.1, 0.15) is 6.54 Å². The second-order valence-corrected chi connectivity index (χ2v) is 4.82. The molecule has 0 spiro atoms. The van der Waals surface area contributed by atoms with E-state index in [2.05, 4.69) is 29.2 Å². The summed E-state index contributed by atoms with van der Waals surface area (Å²) in [7, 11) is 0. The van der Waals surface area contributed by atoms with Gasteiger partial charge >= 0.3 is 5.95 Å². The van der Waals surface area contributed by atoms with Gasteiger partial charge in [-0.15, -0.1) is 0 Å². The minimum atomic E-state index is -0.709. The molecule has 1 N–H and O–H groups in total. The Morgan fingerprint density at radius 2 is 2.05 bits per heavy atom. The first-order valence-corrected chi connectivity index (χ1v) is 6.39. The molecule has 0 atom stereocenters. The molecule has 2 rings (SSSR count). The van der Waals surface area contributed by atoms with Gasteiger partial charge in [0.15, 0.2) is 0 Å². The van der Waals surface area contributed by atoms with Gasteiger partial charge in [-0.3, -0.25) is 4.79 Å². The number of amides is 1. The Morgan fingerprint density at radius 3 is 2.57 bits per heavy atom. The molecular weight excluding hydrogens is 274 g/mol. The van der Waals surface area contributed by atoms with E-state index in [0.717, 1.165) is 11.0 Å². The van der Waals surface area contributed by atoms with E-state index >= 15 is 0 Å². The molecule has 1 heterocycles. The van der Waals surface area contributed by atoms with Crippen LogP contribution in [0.2, 0.25) is 0 Å². The molecule has 0 aliphatic heterocycles. The van der Waals surface area contributed by atoms with Crippen LogP contribution in [-0.4, -0.2) is 25.6 Å². The third-order valence-corrected chi connectivity index (χ3v) is 2.85. The number of nitrogens with one attached hydrogen (secondary N) is 1. The Hall–Kier alpha value is -2.77. The fraction of sp³-hybridized carbons (Fsp3) is 0.308. The molecule has 2 aromatic rings. The highest BCUT2D eigenvalue weighted by atomic mass is 16.6. The predicted octanol–water partition coefficient (Wildman–Crippen LogP) is 1.95. The second kappa shape index (κ2) is 6.12. The lowest BCUT2D eigenvalue weighted by molar-refractivity contribution is -0.394. The highest BCUT2D eigenvalue weighted by Gasteiger charge is 2.15. The monoisotopic (exact) mass is 289 g/mol. The summed E-state index contributed by atoms with van der Waals surface area (Å²) in [5, 5.41) is 16.7. The van der Waals surface area contributed by atoms with Gasteiger partial charge < -0.3 is 15.4 Å². The molecule has 1 aromatic carbocycles. The topological polar surface area (TPSA) is 103 Å². The molecule has 0 saturated heterocycles. The zero-order chi connectivity index (χ0) is 15.4. The van der Waals surface area contributed by atoms with E-state index in [1.165, 1.54) is 5.56 Å². The molecular formula is C13H15N5O3. The number of anilines is 1. The Labute approximate surface area is 121 Å². The largest absolute Gasteiger partial charge is 0.490 e. The highest BCUT2D eigenvalue weighted by molar-refractivity contribution is 5.90. The van der Waals surface area contributed by atoms with E-state index in [9.17, 15) is 14.9 Å². The Balaban J connectivity index is 1.96. The van der Waals surface area contributed by atoms with Crippen molar-refractivity contribution in [3.8, 4) is 0 Å². The van der Waals surface area contributed by atoms with Crippen LogP contribution < -0.4 is 5.32 Å². The third-order valence-electron chi connectivity index (χ3n) is 2.85. The molecule has 8 heteroatoms. The van der Waals surface area contributed by atoms with E-state index in [0.29, 0.717) is 11.6 Å². The molecule has 0 aliphatic rings. The first kappa shape index (κ1) is 14.6.